The largest absolute Gasteiger partial charge is 0.339 e. The fraction of sp³-hybridized carbons (Fsp3) is 0.438. The summed E-state index contributed by atoms with van der Waals surface area (Å²) in [5.74, 6) is -0.356. The van der Waals surface area contributed by atoms with Crippen molar-refractivity contribution in [1.82, 2.24) is 5.06 Å². The standard InChI is InChI=1S/C16H15NO4/c1-16(7-9-6-10(9)8-16)15(20)21-17-13(18)11-4-2-3-5-12(11)14(17)19/h2-5,9-10H,6-8H2,1H3. The van der Waals surface area contributed by atoms with E-state index in [0.29, 0.717) is 16.9 Å². The molecule has 2 fully saturated rings. The van der Waals surface area contributed by atoms with Crippen LogP contribution in [-0.2, 0) is 9.63 Å². The van der Waals surface area contributed by atoms with E-state index < -0.39 is 23.2 Å². The summed E-state index contributed by atoms with van der Waals surface area (Å²) in [7, 11) is 0. The van der Waals surface area contributed by atoms with Crippen LogP contribution in [0, 0.1) is 17.3 Å². The Bertz CT molecular complexity index is 636. The molecule has 0 radical (unpaired) electrons. The van der Waals surface area contributed by atoms with Crippen LogP contribution in [0.3, 0.4) is 0 Å². The summed E-state index contributed by atoms with van der Waals surface area (Å²) < 4.78 is 0. The van der Waals surface area contributed by atoms with Crippen molar-refractivity contribution in [2.75, 3.05) is 0 Å². The van der Waals surface area contributed by atoms with E-state index in [1.165, 1.54) is 6.42 Å². The average Bonchev–Trinajstić information content (AvgIpc) is 3.03. The van der Waals surface area contributed by atoms with Crippen molar-refractivity contribution in [3.63, 3.8) is 0 Å². The minimum Gasteiger partial charge on any atom is -0.329 e. The van der Waals surface area contributed by atoms with Gasteiger partial charge in [-0.2, -0.15) is 0 Å². The zero-order chi connectivity index (χ0) is 14.8. The number of rotatable bonds is 2. The van der Waals surface area contributed by atoms with E-state index in [0.717, 1.165) is 12.8 Å². The van der Waals surface area contributed by atoms with E-state index in [1.54, 1.807) is 24.3 Å². The molecule has 2 saturated carbocycles. The monoisotopic (exact) mass is 285 g/mol. The molecule has 5 heteroatoms. The highest BCUT2D eigenvalue weighted by Gasteiger charge is 2.56. The SMILES string of the molecule is CC1(C(=O)ON2C(=O)c3ccccc3C2=O)CC2CC2C1. The fourth-order valence-electron chi connectivity index (χ4n) is 3.66. The minimum absolute atomic E-state index is 0.287. The van der Waals surface area contributed by atoms with Gasteiger partial charge in [0.2, 0.25) is 0 Å². The molecule has 4 rings (SSSR count). The summed E-state index contributed by atoms with van der Waals surface area (Å²) in [6, 6.07) is 6.49. The lowest BCUT2D eigenvalue weighted by Gasteiger charge is -2.25. The Morgan fingerprint density at radius 3 is 2.19 bits per heavy atom. The predicted molar refractivity (Wildman–Crippen MR) is 72.0 cm³/mol. The molecule has 2 unspecified atom stereocenters. The quantitative estimate of drug-likeness (QED) is 0.781. The van der Waals surface area contributed by atoms with E-state index in [-0.39, 0.29) is 11.1 Å². The Morgan fingerprint density at radius 1 is 1.14 bits per heavy atom. The first-order chi connectivity index (χ1) is 9.99. The highest BCUT2D eigenvalue weighted by atomic mass is 16.7. The zero-order valence-corrected chi connectivity index (χ0v) is 11.7. The molecule has 2 atom stereocenters. The molecule has 0 N–H and O–H groups in total. The van der Waals surface area contributed by atoms with Gasteiger partial charge in [0, 0.05) is 0 Å². The van der Waals surface area contributed by atoms with Gasteiger partial charge in [0.25, 0.3) is 11.8 Å². The Kier molecular flexibility index (Phi) is 2.35. The maximum Gasteiger partial charge on any atom is 0.339 e. The van der Waals surface area contributed by atoms with Gasteiger partial charge >= 0.3 is 5.97 Å². The van der Waals surface area contributed by atoms with E-state index in [9.17, 15) is 14.4 Å². The van der Waals surface area contributed by atoms with Crippen molar-refractivity contribution in [2.45, 2.75) is 26.2 Å². The molecule has 0 saturated heterocycles. The van der Waals surface area contributed by atoms with Crippen molar-refractivity contribution in [1.29, 1.82) is 0 Å². The molecule has 21 heavy (non-hydrogen) atoms. The van der Waals surface area contributed by atoms with Gasteiger partial charge in [-0.1, -0.05) is 17.2 Å². The van der Waals surface area contributed by atoms with Gasteiger partial charge in [0.15, 0.2) is 0 Å². The normalized spacial score (nSPS) is 32.9. The topological polar surface area (TPSA) is 63.7 Å². The van der Waals surface area contributed by atoms with Crippen LogP contribution in [0.15, 0.2) is 24.3 Å². The lowest BCUT2D eigenvalue weighted by Crippen LogP contribution is -2.38. The first-order valence-electron chi connectivity index (χ1n) is 7.20. The number of carbonyl (C=O) groups excluding carboxylic acids is 3. The predicted octanol–water partition coefficient (Wildman–Crippen LogP) is 2.18. The van der Waals surface area contributed by atoms with Crippen LogP contribution in [0.4, 0.5) is 0 Å². The molecule has 0 bridgehead atoms. The summed E-state index contributed by atoms with van der Waals surface area (Å²) in [4.78, 5) is 41.9. The van der Waals surface area contributed by atoms with Crippen LogP contribution in [0.5, 0.6) is 0 Å². The van der Waals surface area contributed by atoms with Crippen molar-refractivity contribution >= 4 is 17.8 Å². The van der Waals surface area contributed by atoms with Crippen molar-refractivity contribution in [3.05, 3.63) is 35.4 Å². The van der Waals surface area contributed by atoms with Gasteiger partial charge < -0.3 is 4.84 Å². The highest BCUT2D eigenvalue weighted by molar-refractivity contribution is 6.20. The summed E-state index contributed by atoms with van der Waals surface area (Å²) in [6.45, 7) is 1.86. The second-order valence-electron chi connectivity index (χ2n) is 6.55. The Balaban J connectivity index is 1.55. The number of fused-ring (bicyclic) bond motifs is 2. The number of hydrogen-bond acceptors (Lipinski definition) is 4. The third-order valence-electron chi connectivity index (χ3n) is 4.92. The smallest absolute Gasteiger partial charge is 0.329 e. The van der Waals surface area contributed by atoms with Crippen LogP contribution in [-0.4, -0.2) is 22.8 Å². The molecule has 1 aromatic carbocycles. The molecular weight excluding hydrogens is 270 g/mol. The van der Waals surface area contributed by atoms with E-state index in [2.05, 4.69) is 0 Å². The van der Waals surface area contributed by atoms with Crippen LogP contribution in [0.25, 0.3) is 0 Å². The van der Waals surface area contributed by atoms with Crippen LogP contribution >= 0.6 is 0 Å². The number of hydrogen-bond donors (Lipinski definition) is 0. The molecule has 0 aromatic heterocycles. The van der Waals surface area contributed by atoms with Gasteiger partial charge in [-0.15, -0.1) is 0 Å². The van der Waals surface area contributed by atoms with Crippen molar-refractivity contribution in [2.24, 2.45) is 17.3 Å². The van der Waals surface area contributed by atoms with E-state index in [4.69, 9.17) is 4.84 Å². The number of hydroxylamine groups is 2. The van der Waals surface area contributed by atoms with Crippen LogP contribution < -0.4 is 0 Å². The number of nitrogens with zero attached hydrogens (tertiary/aromatic N) is 1. The fourth-order valence-corrected chi connectivity index (χ4v) is 3.66. The number of imide groups is 1. The summed E-state index contributed by atoms with van der Waals surface area (Å²) in [5.41, 5.74) is 0.00701. The zero-order valence-electron chi connectivity index (χ0n) is 11.7. The molecule has 5 nitrogen and oxygen atoms in total. The molecule has 3 aliphatic rings. The maximum atomic E-state index is 12.4. The Hall–Kier alpha value is -2.17. The number of amides is 2. The first-order valence-corrected chi connectivity index (χ1v) is 7.20. The van der Waals surface area contributed by atoms with Gasteiger partial charge in [-0.05, 0) is 50.2 Å². The molecule has 2 aliphatic carbocycles. The lowest BCUT2D eigenvalue weighted by atomic mass is 9.85. The molecule has 2 amide bonds. The molecule has 1 aliphatic heterocycles. The molecule has 108 valence electrons. The molecule has 0 spiro atoms. The first kappa shape index (κ1) is 12.6. The summed E-state index contributed by atoms with van der Waals surface area (Å²) >= 11 is 0. The number of benzene rings is 1. The van der Waals surface area contributed by atoms with Gasteiger partial charge in [-0.3, -0.25) is 9.59 Å². The Labute approximate surface area is 121 Å². The molecule has 1 aromatic rings. The van der Waals surface area contributed by atoms with Crippen molar-refractivity contribution < 1.29 is 19.2 Å². The third kappa shape index (κ3) is 1.73. The second-order valence-corrected chi connectivity index (χ2v) is 6.55. The van der Waals surface area contributed by atoms with Gasteiger partial charge in [-0.25, -0.2) is 4.79 Å². The summed E-state index contributed by atoms with van der Waals surface area (Å²) in [5, 5.41) is 0.613. The maximum absolute atomic E-state index is 12.4. The van der Waals surface area contributed by atoms with E-state index in [1.807, 2.05) is 6.92 Å². The third-order valence-corrected chi connectivity index (χ3v) is 4.92. The minimum atomic E-state index is -0.567. The van der Waals surface area contributed by atoms with Crippen molar-refractivity contribution in [3.8, 4) is 0 Å². The molecular formula is C16H15NO4. The Morgan fingerprint density at radius 2 is 1.67 bits per heavy atom. The van der Waals surface area contributed by atoms with Crippen LogP contribution in [0.1, 0.15) is 46.9 Å². The van der Waals surface area contributed by atoms with Crippen LogP contribution in [0.2, 0.25) is 0 Å². The number of carbonyl (C=O) groups is 3. The average molecular weight is 285 g/mol. The van der Waals surface area contributed by atoms with Gasteiger partial charge in [0.1, 0.15) is 0 Å². The van der Waals surface area contributed by atoms with E-state index >= 15 is 0 Å². The lowest BCUT2D eigenvalue weighted by molar-refractivity contribution is -0.180. The second kappa shape index (κ2) is 3.93. The molecule has 1 heterocycles. The van der Waals surface area contributed by atoms with Gasteiger partial charge in [0.05, 0.1) is 16.5 Å². The summed E-state index contributed by atoms with van der Waals surface area (Å²) in [6.07, 6.45) is 2.77. The highest BCUT2D eigenvalue weighted by Crippen LogP contribution is 2.60.